The van der Waals surface area contributed by atoms with E-state index in [2.05, 4.69) is 25.3 Å². The van der Waals surface area contributed by atoms with Gasteiger partial charge in [-0.05, 0) is 32.9 Å². The summed E-state index contributed by atoms with van der Waals surface area (Å²) in [5, 5.41) is 14.5. The van der Waals surface area contributed by atoms with E-state index in [-0.39, 0.29) is 11.9 Å². The zero-order valence-electron chi connectivity index (χ0n) is 17.3. The molecule has 1 aromatic carbocycles. The van der Waals surface area contributed by atoms with Crippen LogP contribution < -0.4 is 5.32 Å². The lowest BCUT2D eigenvalue weighted by Crippen LogP contribution is -2.19. The highest BCUT2D eigenvalue weighted by Crippen LogP contribution is 2.34. The first-order valence-corrected chi connectivity index (χ1v) is 10.1. The molecule has 0 aliphatic heterocycles. The molecule has 6 nitrogen and oxygen atoms in total. The molecule has 0 saturated carbocycles. The molecule has 4 rings (SSSR count). The molecule has 8 heteroatoms. The van der Waals surface area contributed by atoms with Crippen LogP contribution in [0.4, 0.5) is 10.1 Å². The lowest BCUT2D eigenvalue weighted by Gasteiger charge is -2.19. The Morgan fingerprint density at radius 3 is 2.42 bits per heavy atom. The van der Waals surface area contributed by atoms with Gasteiger partial charge in [0, 0.05) is 35.1 Å². The maximum Gasteiger partial charge on any atom is 0.159 e. The van der Waals surface area contributed by atoms with Gasteiger partial charge in [0.15, 0.2) is 5.82 Å². The van der Waals surface area contributed by atoms with Crippen LogP contribution in [-0.4, -0.2) is 25.0 Å². The van der Waals surface area contributed by atoms with Crippen LogP contribution in [0.25, 0.3) is 22.2 Å². The number of anilines is 1. The van der Waals surface area contributed by atoms with Gasteiger partial charge < -0.3 is 10.4 Å². The van der Waals surface area contributed by atoms with Gasteiger partial charge in [-0.3, -0.25) is 9.97 Å². The number of nitrogens with zero attached hydrogens (tertiary/aromatic N) is 4. The van der Waals surface area contributed by atoms with Gasteiger partial charge in [-0.25, -0.2) is 14.4 Å². The van der Waals surface area contributed by atoms with Crippen molar-refractivity contribution in [2.45, 2.75) is 32.4 Å². The topological polar surface area (TPSA) is 83.8 Å². The van der Waals surface area contributed by atoms with E-state index < -0.39 is 5.60 Å². The summed E-state index contributed by atoms with van der Waals surface area (Å²) in [5.74, 6) is 0.0335. The molecule has 31 heavy (non-hydrogen) atoms. The Balaban J connectivity index is 1.74. The fraction of sp³-hybridized carbons (Fsp3) is 0.217. The zero-order chi connectivity index (χ0) is 22.2. The Hall–Kier alpha value is -3.16. The smallest absolute Gasteiger partial charge is 0.159 e. The zero-order valence-corrected chi connectivity index (χ0v) is 18.0. The normalized spacial score (nSPS) is 12.7. The van der Waals surface area contributed by atoms with Gasteiger partial charge in [0.1, 0.15) is 11.4 Å². The maximum absolute atomic E-state index is 14.2. The molecule has 0 spiro atoms. The summed E-state index contributed by atoms with van der Waals surface area (Å²) in [6.07, 6.45) is 6.41. The van der Waals surface area contributed by atoms with E-state index in [1.54, 1.807) is 56.8 Å². The van der Waals surface area contributed by atoms with Crippen LogP contribution in [0.5, 0.6) is 0 Å². The van der Waals surface area contributed by atoms with Crippen molar-refractivity contribution in [1.29, 1.82) is 0 Å². The molecular formula is C23H21ClFN5O. The van der Waals surface area contributed by atoms with Crippen molar-refractivity contribution in [3.05, 3.63) is 77.3 Å². The molecule has 0 saturated heterocycles. The predicted octanol–water partition coefficient (Wildman–Crippen LogP) is 5.28. The van der Waals surface area contributed by atoms with Gasteiger partial charge in [0.25, 0.3) is 0 Å². The van der Waals surface area contributed by atoms with Gasteiger partial charge in [0.2, 0.25) is 0 Å². The Morgan fingerprint density at radius 2 is 1.74 bits per heavy atom. The second kappa shape index (κ2) is 8.17. The fourth-order valence-corrected chi connectivity index (χ4v) is 3.48. The Labute approximate surface area is 184 Å². The van der Waals surface area contributed by atoms with Crippen molar-refractivity contribution >= 4 is 28.2 Å². The van der Waals surface area contributed by atoms with Gasteiger partial charge >= 0.3 is 0 Å². The van der Waals surface area contributed by atoms with Crippen LogP contribution >= 0.6 is 11.6 Å². The van der Waals surface area contributed by atoms with E-state index in [0.29, 0.717) is 38.9 Å². The molecule has 4 aromatic rings. The number of halogens is 2. The summed E-state index contributed by atoms with van der Waals surface area (Å²) >= 11 is 6.45. The number of fused-ring (bicyclic) bond motifs is 1. The number of hydrogen-bond donors (Lipinski definition) is 2. The highest BCUT2D eigenvalue weighted by atomic mass is 35.5. The molecule has 158 valence electrons. The van der Waals surface area contributed by atoms with E-state index >= 15 is 0 Å². The van der Waals surface area contributed by atoms with Crippen LogP contribution in [0.3, 0.4) is 0 Å². The number of nitrogens with one attached hydrogen (secondary N) is 1. The average Bonchev–Trinajstić information content (AvgIpc) is 2.75. The molecule has 1 unspecified atom stereocenters. The predicted molar refractivity (Wildman–Crippen MR) is 119 cm³/mol. The molecule has 0 aliphatic rings. The van der Waals surface area contributed by atoms with Gasteiger partial charge in [-0.15, -0.1) is 0 Å². The lowest BCUT2D eigenvalue weighted by atomic mass is 10.1. The third-order valence-electron chi connectivity index (χ3n) is 4.94. The first kappa shape index (κ1) is 21.1. The number of rotatable bonds is 5. The van der Waals surface area contributed by atoms with Crippen molar-refractivity contribution in [2.75, 3.05) is 5.32 Å². The molecule has 2 N–H and O–H groups in total. The number of hydrogen-bond acceptors (Lipinski definition) is 6. The van der Waals surface area contributed by atoms with Crippen molar-refractivity contribution in [1.82, 2.24) is 19.9 Å². The molecule has 3 heterocycles. The molecule has 0 fully saturated rings. The van der Waals surface area contributed by atoms with Crippen molar-refractivity contribution < 1.29 is 9.50 Å². The molecule has 0 bridgehead atoms. The molecule has 0 radical (unpaired) electrons. The van der Waals surface area contributed by atoms with E-state index in [1.165, 1.54) is 6.07 Å². The molecule has 3 aromatic heterocycles. The Kier molecular flexibility index (Phi) is 5.56. The van der Waals surface area contributed by atoms with Crippen molar-refractivity contribution in [3.63, 3.8) is 0 Å². The van der Waals surface area contributed by atoms with Crippen LogP contribution in [0.15, 0.2) is 55.1 Å². The van der Waals surface area contributed by atoms with Crippen LogP contribution in [0.2, 0.25) is 5.02 Å². The lowest BCUT2D eigenvalue weighted by molar-refractivity contribution is 0.0687. The van der Waals surface area contributed by atoms with E-state index in [9.17, 15) is 9.50 Å². The van der Waals surface area contributed by atoms with Gasteiger partial charge in [0.05, 0.1) is 34.2 Å². The fourth-order valence-electron chi connectivity index (χ4n) is 3.27. The first-order valence-electron chi connectivity index (χ1n) is 9.74. The average molecular weight is 438 g/mol. The number of pyridine rings is 2. The Morgan fingerprint density at radius 1 is 1.03 bits per heavy atom. The summed E-state index contributed by atoms with van der Waals surface area (Å²) in [4.78, 5) is 17.3. The third kappa shape index (κ3) is 4.33. The highest BCUT2D eigenvalue weighted by Gasteiger charge is 2.20. The highest BCUT2D eigenvalue weighted by molar-refractivity contribution is 6.34. The SMILES string of the molecule is CC(Nc1c(Cl)cnc2cnc(-c3cnc(C(C)(C)O)nc3)cc12)c1ccccc1F. The van der Waals surface area contributed by atoms with Gasteiger partial charge in [-0.1, -0.05) is 29.8 Å². The maximum atomic E-state index is 14.2. The summed E-state index contributed by atoms with van der Waals surface area (Å²) in [6, 6.07) is 8.13. The van der Waals surface area contributed by atoms with Crippen molar-refractivity contribution in [2.24, 2.45) is 0 Å². The Bertz CT molecular complexity index is 1240. The largest absolute Gasteiger partial charge is 0.382 e. The summed E-state index contributed by atoms with van der Waals surface area (Å²) in [6.45, 7) is 5.11. The standard InChI is InChI=1S/C23H21ClFN5O/c1-13(15-6-4-5-7-18(15)25)30-21-16-8-19(27-12-20(16)26-11-17(21)24)14-9-28-22(29-10-14)23(2,3)31/h4-13,31H,1-3H3,(H,26,30). The monoisotopic (exact) mass is 437 g/mol. The molecule has 0 amide bonds. The minimum Gasteiger partial charge on any atom is -0.382 e. The third-order valence-corrected chi connectivity index (χ3v) is 5.22. The minimum absolute atomic E-state index is 0.289. The minimum atomic E-state index is -1.13. The molecule has 1 atom stereocenters. The first-order chi connectivity index (χ1) is 14.7. The number of benzene rings is 1. The summed E-state index contributed by atoms with van der Waals surface area (Å²) in [7, 11) is 0. The van der Waals surface area contributed by atoms with Crippen molar-refractivity contribution in [3.8, 4) is 11.3 Å². The molecule has 0 aliphatic carbocycles. The van der Waals surface area contributed by atoms with E-state index in [4.69, 9.17) is 11.6 Å². The second-order valence-electron chi connectivity index (χ2n) is 7.81. The second-order valence-corrected chi connectivity index (χ2v) is 8.22. The van der Waals surface area contributed by atoms with Crippen LogP contribution in [0, 0.1) is 5.82 Å². The molecular weight excluding hydrogens is 417 g/mol. The number of aliphatic hydroxyl groups is 1. The quantitative estimate of drug-likeness (QED) is 0.442. The van der Waals surface area contributed by atoms with E-state index in [0.717, 1.165) is 5.39 Å². The van der Waals surface area contributed by atoms with Crippen LogP contribution in [-0.2, 0) is 5.60 Å². The summed E-state index contributed by atoms with van der Waals surface area (Å²) in [5.41, 5.74) is 1.99. The number of aromatic nitrogens is 4. The van der Waals surface area contributed by atoms with E-state index in [1.807, 2.05) is 13.0 Å². The van der Waals surface area contributed by atoms with Crippen LogP contribution in [0.1, 0.15) is 38.2 Å². The summed E-state index contributed by atoms with van der Waals surface area (Å²) < 4.78 is 14.2. The van der Waals surface area contributed by atoms with Gasteiger partial charge in [-0.2, -0.15) is 0 Å².